The number of aromatic nitrogens is 1. The van der Waals surface area contributed by atoms with Gasteiger partial charge in [-0.2, -0.15) is 0 Å². The third kappa shape index (κ3) is 7.36. The highest BCUT2D eigenvalue weighted by Gasteiger charge is 2.31. The molecular formula is C40H37FN2O4. The van der Waals surface area contributed by atoms with Crippen molar-refractivity contribution in [1.82, 2.24) is 4.57 Å². The Morgan fingerprint density at radius 2 is 1.53 bits per heavy atom. The molecule has 0 radical (unpaired) electrons. The summed E-state index contributed by atoms with van der Waals surface area (Å²) in [6.07, 6.45) is 1.91. The van der Waals surface area contributed by atoms with E-state index in [1.165, 1.54) is 18.2 Å². The fourth-order valence-electron chi connectivity index (χ4n) is 6.15. The quantitative estimate of drug-likeness (QED) is 0.148. The van der Waals surface area contributed by atoms with Gasteiger partial charge in [0, 0.05) is 36.3 Å². The summed E-state index contributed by atoms with van der Waals surface area (Å²) in [4.78, 5) is 26.9. The number of nitrogens with zero attached hydrogens (tertiary/aromatic N) is 1. The van der Waals surface area contributed by atoms with Crippen molar-refractivity contribution in [3.8, 4) is 22.4 Å². The highest BCUT2D eigenvalue weighted by Crippen LogP contribution is 2.43. The lowest BCUT2D eigenvalue weighted by molar-refractivity contribution is -0.146. The number of rotatable bonds is 11. The normalized spacial score (nSPS) is 14.4. The van der Waals surface area contributed by atoms with Crippen LogP contribution in [0.4, 0.5) is 10.1 Å². The summed E-state index contributed by atoms with van der Waals surface area (Å²) in [6, 6.07) is 35.3. The number of nitrogens with one attached hydrogen (secondary N) is 1. The Kier molecular flexibility index (Phi) is 9.62. The molecule has 5 aromatic rings. The zero-order chi connectivity index (χ0) is 32.8. The number of para-hydroxylation sites is 1. The van der Waals surface area contributed by atoms with Crippen LogP contribution in [0.1, 0.15) is 54.2 Å². The Bertz CT molecular complexity index is 1860. The minimum Gasteiger partial charge on any atom is -0.493 e. The average Bonchev–Trinajstić information content (AvgIpc) is 3.43. The number of ether oxygens (including phenoxy) is 2. The van der Waals surface area contributed by atoms with E-state index in [-0.39, 0.29) is 17.6 Å². The van der Waals surface area contributed by atoms with Crippen LogP contribution in [0.2, 0.25) is 0 Å². The zero-order valence-electron chi connectivity index (χ0n) is 26.5. The molecule has 6 rings (SSSR count). The predicted molar refractivity (Wildman–Crippen MR) is 182 cm³/mol. The third-order valence-electron chi connectivity index (χ3n) is 8.22. The molecule has 6 nitrogen and oxygen atoms in total. The van der Waals surface area contributed by atoms with Crippen LogP contribution < -0.4 is 5.32 Å². The van der Waals surface area contributed by atoms with Crippen LogP contribution in [0.5, 0.6) is 0 Å². The van der Waals surface area contributed by atoms with E-state index in [0.29, 0.717) is 43.0 Å². The average molecular weight is 629 g/mol. The molecule has 1 aliphatic rings. The van der Waals surface area contributed by atoms with Gasteiger partial charge in [0.2, 0.25) is 0 Å². The van der Waals surface area contributed by atoms with Crippen LogP contribution in [0, 0.1) is 5.82 Å². The summed E-state index contributed by atoms with van der Waals surface area (Å²) in [7, 11) is 0. The Morgan fingerprint density at radius 3 is 2.19 bits per heavy atom. The van der Waals surface area contributed by atoms with Crippen molar-refractivity contribution in [3.63, 3.8) is 0 Å². The van der Waals surface area contributed by atoms with Crippen LogP contribution >= 0.6 is 0 Å². The standard InChI is InChI=1S/C40H37FN2O4/c1-27(2)38-37(40(45)42-32-16-10-5-11-17-32)36(29-14-8-4-9-15-29)39(30-18-20-31(41)21-19-30)43(38)23-22-33-24-34(25-35(44)47-33)46-26-28-12-6-3-7-13-28/h3-21,25,27,33H,22-24,26H2,1-2H3,(H,42,45)/t33-/m1/s1. The van der Waals surface area contributed by atoms with Crippen LogP contribution in [0.3, 0.4) is 0 Å². The van der Waals surface area contributed by atoms with E-state index in [9.17, 15) is 14.0 Å². The molecule has 1 atom stereocenters. The van der Waals surface area contributed by atoms with Gasteiger partial charge in [-0.05, 0) is 59.0 Å². The van der Waals surface area contributed by atoms with Gasteiger partial charge in [-0.1, -0.05) is 92.7 Å². The van der Waals surface area contributed by atoms with E-state index < -0.39 is 12.1 Å². The zero-order valence-corrected chi connectivity index (χ0v) is 26.5. The van der Waals surface area contributed by atoms with Crippen molar-refractivity contribution in [1.29, 1.82) is 0 Å². The first-order chi connectivity index (χ1) is 22.9. The van der Waals surface area contributed by atoms with Gasteiger partial charge in [0.15, 0.2) is 0 Å². The van der Waals surface area contributed by atoms with Crippen LogP contribution in [-0.2, 0) is 27.4 Å². The predicted octanol–water partition coefficient (Wildman–Crippen LogP) is 9.14. The monoisotopic (exact) mass is 628 g/mol. The van der Waals surface area contributed by atoms with E-state index in [1.807, 2.05) is 91.0 Å². The SMILES string of the molecule is CC(C)c1c(C(=O)Nc2ccccc2)c(-c2ccccc2)c(-c2ccc(F)cc2)n1CC[C@@H]1CC(OCc2ccccc2)=CC(=O)O1. The van der Waals surface area contributed by atoms with Crippen molar-refractivity contribution in [2.75, 3.05) is 5.32 Å². The maximum atomic E-state index is 14.3. The van der Waals surface area contributed by atoms with Crippen molar-refractivity contribution in [2.24, 2.45) is 0 Å². The van der Waals surface area contributed by atoms with Gasteiger partial charge < -0.3 is 19.4 Å². The van der Waals surface area contributed by atoms with Gasteiger partial charge in [0.1, 0.15) is 24.3 Å². The minimum atomic E-state index is -0.437. The molecule has 0 saturated carbocycles. The number of amides is 1. The number of benzene rings is 4. The minimum absolute atomic E-state index is 0.0539. The third-order valence-corrected chi connectivity index (χ3v) is 8.22. The van der Waals surface area contributed by atoms with Crippen molar-refractivity contribution < 1.29 is 23.5 Å². The molecule has 0 unspecified atom stereocenters. The second-order valence-electron chi connectivity index (χ2n) is 11.9. The van der Waals surface area contributed by atoms with E-state index in [0.717, 1.165) is 33.6 Å². The lowest BCUT2D eigenvalue weighted by atomic mass is 9.94. The molecule has 238 valence electrons. The van der Waals surface area contributed by atoms with Crippen molar-refractivity contribution in [3.05, 3.63) is 150 Å². The summed E-state index contributed by atoms with van der Waals surface area (Å²) in [5.74, 6) is -0.486. The lowest BCUT2D eigenvalue weighted by Gasteiger charge is -2.25. The lowest BCUT2D eigenvalue weighted by Crippen LogP contribution is -2.25. The number of hydrogen-bond donors (Lipinski definition) is 1. The molecule has 1 aromatic heterocycles. The largest absolute Gasteiger partial charge is 0.493 e. The maximum Gasteiger partial charge on any atom is 0.334 e. The van der Waals surface area contributed by atoms with Crippen LogP contribution in [0.15, 0.2) is 127 Å². The number of carbonyl (C=O) groups is 2. The van der Waals surface area contributed by atoms with Gasteiger partial charge in [-0.15, -0.1) is 0 Å². The molecule has 4 aromatic carbocycles. The van der Waals surface area contributed by atoms with Gasteiger partial charge in [0.05, 0.1) is 17.3 Å². The molecule has 1 N–H and O–H groups in total. The molecule has 1 aliphatic heterocycles. The highest BCUT2D eigenvalue weighted by molar-refractivity contribution is 6.12. The first kappa shape index (κ1) is 31.5. The second kappa shape index (κ2) is 14.3. The van der Waals surface area contributed by atoms with E-state index in [2.05, 4.69) is 23.7 Å². The number of anilines is 1. The maximum absolute atomic E-state index is 14.3. The number of carbonyl (C=O) groups excluding carboxylic acids is 2. The first-order valence-corrected chi connectivity index (χ1v) is 15.9. The number of halogens is 1. The summed E-state index contributed by atoms with van der Waals surface area (Å²) >= 11 is 0. The molecular weight excluding hydrogens is 591 g/mol. The highest BCUT2D eigenvalue weighted by atomic mass is 19.1. The molecule has 2 heterocycles. The Labute approximate surface area is 274 Å². The smallest absolute Gasteiger partial charge is 0.334 e. The topological polar surface area (TPSA) is 69.6 Å². The molecule has 1 amide bonds. The molecule has 0 bridgehead atoms. The Hall–Kier alpha value is -5.43. The second-order valence-corrected chi connectivity index (χ2v) is 11.9. The fraction of sp³-hybridized carbons (Fsp3) is 0.200. The van der Waals surface area contributed by atoms with E-state index >= 15 is 0 Å². The van der Waals surface area contributed by atoms with Gasteiger partial charge in [-0.25, -0.2) is 9.18 Å². The molecule has 0 saturated heterocycles. The summed E-state index contributed by atoms with van der Waals surface area (Å²) in [5, 5.41) is 3.10. The van der Waals surface area contributed by atoms with E-state index in [1.54, 1.807) is 12.1 Å². The molecule has 47 heavy (non-hydrogen) atoms. The number of cyclic esters (lactones) is 1. The Morgan fingerprint density at radius 1 is 0.894 bits per heavy atom. The van der Waals surface area contributed by atoms with Gasteiger partial charge >= 0.3 is 5.97 Å². The van der Waals surface area contributed by atoms with Crippen molar-refractivity contribution >= 4 is 17.6 Å². The molecule has 0 aliphatic carbocycles. The molecule has 0 fully saturated rings. The first-order valence-electron chi connectivity index (χ1n) is 15.9. The van der Waals surface area contributed by atoms with Crippen molar-refractivity contribution in [2.45, 2.75) is 51.9 Å². The summed E-state index contributed by atoms with van der Waals surface area (Å²) in [5.41, 5.74) is 6.31. The van der Waals surface area contributed by atoms with Crippen LogP contribution in [0.25, 0.3) is 22.4 Å². The Balaban J connectivity index is 1.40. The molecule has 7 heteroatoms. The summed E-state index contributed by atoms with van der Waals surface area (Å²) in [6.45, 7) is 4.93. The van der Waals surface area contributed by atoms with Gasteiger partial charge in [0.25, 0.3) is 5.91 Å². The summed E-state index contributed by atoms with van der Waals surface area (Å²) < 4.78 is 28.1. The van der Waals surface area contributed by atoms with Crippen LogP contribution in [-0.4, -0.2) is 22.5 Å². The molecule has 0 spiro atoms. The van der Waals surface area contributed by atoms with Gasteiger partial charge in [-0.3, -0.25) is 4.79 Å². The van der Waals surface area contributed by atoms with E-state index in [4.69, 9.17) is 9.47 Å². The number of esters is 1. The fourth-order valence-corrected chi connectivity index (χ4v) is 6.15. The number of hydrogen-bond acceptors (Lipinski definition) is 4.